The Morgan fingerprint density at radius 2 is 1.48 bits per heavy atom. The first kappa shape index (κ1) is 22.4. The van der Waals surface area contributed by atoms with Crippen molar-refractivity contribution in [1.82, 2.24) is 0 Å². The molecule has 0 aliphatic rings. The molecule has 0 atom stereocenters. The van der Waals surface area contributed by atoms with E-state index in [2.05, 4.69) is 5.32 Å². The third-order valence-corrected chi connectivity index (χ3v) is 3.88. The van der Waals surface area contributed by atoms with Crippen LogP contribution >= 0.6 is 11.6 Å². The molecule has 0 radical (unpaired) electrons. The summed E-state index contributed by atoms with van der Waals surface area (Å²) in [7, 11) is 0. The Bertz CT molecular complexity index is 904. The monoisotopic (exact) mass is 430 g/mol. The minimum absolute atomic E-state index is 0.0498. The Morgan fingerprint density at radius 1 is 0.966 bits per heavy atom. The third kappa shape index (κ3) is 5.77. The van der Waals surface area contributed by atoms with Crippen molar-refractivity contribution in [3.63, 3.8) is 0 Å². The van der Waals surface area contributed by atoms with Gasteiger partial charge in [-0.05, 0) is 26.0 Å². The average molecular weight is 431 g/mol. The quantitative estimate of drug-likeness (QED) is 0.655. The highest BCUT2D eigenvalue weighted by molar-refractivity contribution is 6.34. The number of amides is 2. The van der Waals surface area contributed by atoms with Gasteiger partial charge in [0.1, 0.15) is 11.5 Å². The lowest BCUT2D eigenvalue weighted by atomic mass is 10.2. The summed E-state index contributed by atoms with van der Waals surface area (Å²) in [5, 5.41) is 4.58. The number of nitrogens with one attached hydrogen (secondary N) is 2. The number of rotatable bonds is 7. The van der Waals surface area contributed by atoms with E-state index in [0.29, 0.717) is 0 Å². The predicted octanol–water partition coefficient (Wildman–Crippen LogP) is 4.89. The molecule has 0 spiro atoms. The molecule has 2 rings (SSSR count). The Morgan fingerprint density at radius 3 is 1.97 bits per heavy atom. The molecule has 0 aliphatic heterocycles. The number of benzene rings is 2. The van der Waals surface area contributed by atoms with Crippen LogP contribution in [0, 0.1) is 0 Å². The van der Waals surface area contributed by atoms with E-state index in [0.717, 1.165) is 6.07 Å². The van der Waals surface area contributed by atoms with E-state index in [9.17, 15) is 22.8 Å². The second-order valence-electron chi connectivity index (χ2n) is 5.60. The van der Waals surface area contributed by atoms with Gasteiger partial charge in [0.05, 0.1) is 35.2 Å². The second kappa shape index (κ2) is 9.51. The largest absolute Gasteiger partial charge is 0.492 e. The summed E-state index contributed by atoms with van der Waals surface area (Å²) < 4.78 is 48.6. The lowest BCUT2D eigenvalue weighted by Gasteiger charge is -2.18. The van der Waals surface area contributed by atoms with Crippen LogP contribution in [0.4, 0.5) is 24.5 Å². The molecule has 0 fully saturated rings. The maximum Gasteiger partial charge on any atom is 0.471 e. The minimum atomic E-state index is -5.08. The Hall–Kier alpha value is -2.94. The molecule has 0 aliphatic carbocycles. The summed E-state index contributed by atoms with van der Waals surface area (Å²) in [6, 6.07) is 8.78. The normalized spacial score (nSPS) is 11.0. The van der Waals surface area contributed by atoms with Gasteiger partial charge in [0, 0.05) is 12.1 Å². The summed E-state index contributed by atoms with van der Waals surface area (Å²) in [4.78, 5) is 23.9. The number of hydrogen-bond acceptors (Lipinski definition) is 4. The number of halogens is 4. The van der Waals surface area contributed by atoms with E-state index >= 15 is 0 Å². The molecule has 2 amide bonds. The molecule has 0 heterocycles. The fourth-order valence-corrected chi connectivity index (χ4v) is 2.55. The number of carbonyl (C=O) groups excluding carboxylic acids is 2. The molecule has 29 heavy (non-hydrogen) atoms. The van der Waals surface area contributed by atoms with Crippen molar-refractivity contribution in [1.29, 1.82) is 0 Å². The van der Waals surface area contributed by atoms with Crippen LogP contribution in [0.2, 0.25) is 5.02 Å². The van der Waals surface area contributed by atoms with Gasteiger partial charge in [-0.15, -0.1) is 0 Å². The predicted molar refractivity (Wildman–Crippen MR) is 103 cm³/mol. The number of carbonyl (C=O) groups is 2. The standard InChI is InChI=1S/C19H18ClF3N2O4/c1-3-28-15-10-14(25-18(27)19(21,22)23)16(29-4-2)9-13(15)24-17(26)11-7-5-6-8-12(11)20/h5-10H,3-4H2,1-2H3,(H,24,26)(H,25,27). The van der Waals surface area contributed by atoms with Crippen LogP contribution < -0.4 is 20.1 Å². The lowest BCUT2D eigenvalue weighted by molar-refractivity contribution is -0.167. The van der Waals surface area contributed by atoms with Gasteiger partial charge in [0.15, 0.2) is 0 Å². The smallest absolute Gasteiger partial charge is 0.471 e. The molecule has 2 aromatic carbocycles. The molecule has 10 heteroatoms. The molecule has 0 unspecified atom stereocenters. The van der Waals surface area contributed by atoms with Crippen molar-refractivity contribution in [2.45, 2.75) is 20.0 Å². The van der Waals surface area contributed by atoms with Crippen LogP contribution in [0.5, 0.6) is 11.5 Å². The zero-order chi connectivity index (χ0) is 21.6. The molecular weight excluding hydrogens is 413 g/mol. The van der Waals surface area contributed by atoms with Crippen molar-refractivity contribution in [3.05, 3.63) is 47.0 Å². The second-order valence-corrected chi connectivity index (χ2v) is 6.00. The fourth-order valence-electron chi connectivity index (χ4n) is 2.33. The summed E-state index contributed by atoms with van der Waals surface area (Å²) in [6.07, 6.45) is -5.08. The molecule has 0 aromatic heterocycles. The zero-order valence-electron chi connectivity index (χ0n) is 15.5. The van der Waals surface area contributed by atoms with Crippen LogP contribution in [-0.4, -0.2) is 31.2 Å². The zero-order valence-corrected chi connectivity index (χ0v) is 16.3. The fraction of sp³-hybridized carbons (Fsp3) is 0.263. The van der Waals surface area contributed by atoms with Crippen molar-refractivity contribution in [3.8, 4) is 11.5 Å². The molecule has 156 valence electrons. The third-order valence-electron chi connectivity index (χ3n) is 3.55. The molecule has 0 bridgehead atoms. The number of alkyl halides is 3. The molecule has 2 N–H and O–H groups in total. The van der Waals surface area contributed by atoms with E-state index < -0.39 is 18.0 Å². The molecule has 0 saturated heterocycles. The lowest BCUT2D eigenvalue weighted by Crippen LogP contribution is -2.30. The van der Waals surface area contributed by atoms with Crippen LogP contribution in [0.15, 0.2) is 36.4 Å². The van der Waals surface area contributed by atoms with Gasteiger partial charge in [0.25, 0.3) is 5.91 Å². The highest BCUT2D eigenvalue weighted by Crippen LogP contribution is 2.38. The average Bonchev–Trinajstić information content (AvgIpc) is 2.64. The first-order valence-corrected chi connectivity index (χ1v) is 8.92. The van der Waals surface area contributed by atoms with Crippen LogP contribution in [-0.2, 0) is 4.79 Å². The van der Waals surface area contributed by atoms with Gasteiger partial charge in [0.2, 0.25) is 0 Å². The highest BCUT2D eigenvalue weighted by atomic mass is 35.5. The van der Waals surface area contributed by atoms with Gasteiger partial charge in [-0.2, -0.15) is 13.2 Å². The first-order valence-electron chi connectivity index (χ1n) is 8.55. The van der Waals surface area contributed by atoms with E-state index in [-0.39, 0.29) is 46.7 Å². The Kier molecular flexibility index (Phi) is 7.33. The summed E-state index contributed by atoms with van der Waals surface area (Å²) >= 11 is 6.02. The van der Waals surface area contributed by atoms with Gasteiger partial charge in [-0.1, -0.05) is 23.7 Å². The van der Waals surface area contributed by atoms with Crippen molar-refractivity contribution in [2.75, 3.05) is 23.8 Å². The number of ether oxygens (including phenoxy) is 2. The Balaban J connectivity index is 2.43. The summed E-state index contributed by atoms with van der Waals surface area (Å²) in [6.45, 7) is 3.55. The summed E-state index contributed by atoms with van der Waals surface area (Å²) in [5.41, 5.74) is 0.0996. The van der Waals surface area contributed by atoms with Gasteiger partial charge >= 0.3 is 12.1 Å². The molecule has 0 saturated carbocycles. The van der Waals surface area contributed by atoms with E-state index in [1.165, 1.54) is 12.1 Å². The van der Waals surface area contributed by atoms with Gasteiger partial charge in [-0.25, -0.2) is 0 Å². The number of hydrogen-bond donors (Lipinski definition) is 2. The topological polar surface area (TPSA) is 76.7 Å². The molecule has 2 aromatic rings. The van der Waals surface area contributed by atoms with E-state index in [4.69, 9.17) is 21.1 Å². The van der Waals surface area contributed by atoms with E-state index in [1.54, 1.807) is 37.4 Å². The SMILES string of the molecule is CCOc1cc(NC(=O)C(F)(F)F)c(OCC)cc1NC(=O)c1ccccc1Cl. The molecule has 6 nitrogen and oxygen atoms in total. The first-order chi connectivity index (χ1) is 13.7. The number of anilines is 2. The van der Waals surface area contributed by atoms with Crippen molar-refractivity contribution < 1.29 is 32.2 Å². The highest BCUT2D eigenvalue weighted by Gasteiger charge is 2.39. The van der Waals surface area contributed by atoms with Crippen molar-refractivity contribution in [2.24, 2.45) is 0 Å². The maximum atomic E-state index is 12.6. The minimum Gasteiger partial charge on any atom is -0.492 e. The Labute approximate surface area is 169 Å². The van der Waals surface area contributed by atoms with Gasteiger partial charge < -0.3 is 20.1 Å². The molecular formula is C19H18ClF3N2O4. The van der Waals surface area contributed by atoms with Crippen molar-refractivity contribution >= 4 is 34.8 Å². The summed E-state index contributed by atoms with van der Waals surface area (Å²) in [5.74, 6) is -2.73. The van der Waals surface area contributed by atoms with Crippen LogP contribution in [0.1, 0.15) is 24.2 Å². The van der Waals surface area contributed by atoms with Crippen LogP contribution in [0.25, 0.3) is 0 Å². The van der Waals surface area contributed by atoms with Crippen LogP contribution in [0.3, 0.4) is 0 Å². The van der Waals surface area contributed by atoms with E-state index in [1.807, 2.05) is 0 Å². The maximum absolute atomic E-state index is 12.6. The van der Waals surface area contributed by atoms with Gasteiger partial charge in [-0.3, -0.25) is 9.59 Å².